The Balaban J connectivity index is 2.51. The van der Waals surface area contributed by atoms with Crippen molar-refractivity contribution < 1.29 is 33.8 Å². The largest absolute Gasteiger partial charge is 0.387 e. The number of aliphatic hydroxyl groups excluding tert-OH is 3. The first-order chi connectivity index (χ1) is 10.6. The highest BCUT2D eigenvalue weighted by atomic mass is 16.6. The highest BCUT2D eigenvalue weighted by Crippen LogP contribution is 2.25. The first-order valence-electron chi connectivity index (χ1n) is 8.47. The summed E-state index contributed by atoms with van der Waals surface area (Å²) in [6.07, 6.45) is -3.97. The van der Waals surface area contributed by atoms with E-state index in [0.717, 1.165) is 24.1 Å². The lowest BCUT2D eigenvalue weighted by molar-refractivity contribution is -0.909. The number of ether oxygens (including phenoxy) is 2. The zero-order chi connectivity index (χ0) is 17.8. The second-order valence-corrected chi connectivity index (χ2v) is 7.70. The highest BCUT2D eigenvalue weighted by molar-refractivity contribution is 4.89. The molecule has 1 saturated heterocycles. The average Bonchev–Trinajstić information content (AvgIpc) is 2.46. The zero-order valence-corrected chi connectivity index (χ0v) is 15.5. The summed E-state index contributed by atoms with van der Waals surface area (Å²) in [6, 6.07) is -0.596. The smallest absolute Gasteiger partial charge is 0.211 e. The Labute approximate surface area is 140 Å². The van der Waals surface area contributed by atoms with Crippen molar-refractivity contribution in [3.05, 3.63) is 0 Å². The average molecular weight is 336 g/mol. The van der Waals surface area contributed by atoms with Gasteiger partial charge in [0.15, 0.2) is 6.04 Å². The van der Waals surface area contributed by atoms with Crippen LogP contribution in [0.3, 0.4) is 0 Å². The normalized spacial score (nSPS) is 33.0. The molecule has 138 valence electrons. The number of nitrogens with zero attached hydrogens (tertiary/aromatic N) is 2. The summed E-state index contributed by atoms with van der Waals surface area (Å²) < 4.78 is 12.3. The van der Waals surface area contributed by atoms with E-state index in [1.54, 1.807) is 0 Å². The molecular weight excluding hydrogens is 300 g/mol. The van der Waals surface area contributed by atoms with Crippen molar-refractivity contribution in [3.63, 3.8) is 0 Å². The molecule has 7 heteroatoms. The molecule has 23 heavy (non-hydrogen) atoms. The maximum Gasteiger partial charge on any atom is 0.211 e. The van der Waals surface area contributed by atoms with Crippen molar-refractivity contribution in [1.82, 2.24) is 0 Å². The fraction of sp³-hybridized carbons (Fsp3) is 1.00. The van der Waals surface area contributed by atoms with Gasteiger partial charge in [-0.05, 0) is 13.8 Å². The van der Waals surface area contributed by atoms with E-state index in [-0.39, 0.29) is 6.61 Å². The van der Waals surface area contributed by atoms with E-state index in [2.05, 4.69) is 20.9 Å². The van der Waals surface area contributed by atoms with E-state index in [1.165, 1.54) is 0 Å². The summed E-state index contributed by atoms with van der Waals surface area (Å²) in [5, 5.41) is 30.7. The molecule has 1 heterocycles. The molecule has 0 aliphatic carbocycles. The molecular formula is C16H36N2O5+2. The minimum atomic E-state index is -1.13. The van der Waals surface area contributed by atoms with Crippen LogP contribution in [0.15, 0.2) is 0 Å². The molecule has 1 aliphatic rings. The third kappa shape index (κ3) is 5.35. The highest BCUT2D eigenvalue weighted by Gasteiger charge is 2.50. The first-order valence-corrected chi connectivity index (χ1v) is 8.47. The van der Waals surface area contributed by atoms with Crippen LogP contribution in [-0.4, -0.2) is 116 Å². The van der Waals surface area contributed by atoms with Gasteiger partial charge < -0.3 is 33.8 Å². The molecule has 0 aromatic heterocycles. The number of rotatable bonds is 8. The van der Waals surface area contributed by atoms with E-state index in [4.69, 9.17) is 9.47 Å². The number of hydrogen-bond donors (Lipinski definition) is 3. The minimum Gasteiger partial charge on any atom is -0.387 e. The third-order valence-corrected chi connectivity index (χ3v) is 5.17. The van der Waals surface area contributed by atoms with Crippen LogP contribution >= 0.6 is 0 Å². The van der Waals surface area contributed by atoms with Gasteiger partial charge in [-0.25, -0.2) is 0 Å². The Hall–Kier alpha value is -0.280. The van der Waals surface area contributed by atoms with Gasteiger partial charge in [-0.3, -0.25) is 0 Å². The van der Waals surface area contributed by atoms with E-state index >= 15 is 0 Å². The topological polar surface area (TPSA) is 79.2 Å². The molecule has 3 N–H and O–H groups in total. The second kappa shape index (κ2) is 8.20. The first kappa shape index (κ1) is 20.8. The minimum absolute atomic E-state index is 0.159. The SMILES string of the molecule is CC[N+](C)(CC)CCOC[C@H]1O[C@@H](O)[C@H]([N+](C)(C)C)[C@@H](O)[C@@H]1O. The summed E-state index contributed by atoms with van der Waals surface area (Å²) in [5.74, 6) is 0. The lowest BCUT2D eigenvalue weighted by Crippen LogP contribution is -2.67. The third-order valence-electron chi connectivity index (χ3n) is 5.17. The van der Waals surface area contributed by atoms with Crippen molar-refractivity contribution in [2.45, 2.75) is 44.5 Å². The monoisotopic (exact) mass is 336 g/mol. The van der Waals surface area contributed by atoms with Gasteiger partial charge in [0.05, 0.1) is 54.5 Å². The molecule has 0 amide bonds. The van der Waals surface area contributed by atoms with Gasteiger partial charge in [-0.15, -0.1) is 0 Å². The number of hydrogen-bond acceptors (Lipinski definition) is 5. The molecule has 0 aromatic carbocycles. The van der Waals surface area contributed by atoms with Crippen molar-refractivity contribution in [2.24, 2.45) is 0 Å². The van der Waals surface area contributed by atoms with Gasteiger partial charge in [0.1, 0.15) is 24.9 Å². The maximum atomic E-state index is 10.3. The van der Waals surface area contributed by atoms with Crippen molar-refractivity contribution in [3.8, 4) is 0 Å². The molecule has 0 saturated carbocycles. The molecule has 1 fully saturated rings. The van der Waals surface area contributed by atoms with Gasteiger partial charge in [-0.2, -0.15) is 0 Å². The van der Waals surface area contributed by atoms with Crippen LogP contribution in [0.4, 0.5) is 0 Å². The van der Waals surface area contributed by atoms with Gasteiger partial charge in [0, 0.05) is 0 Å². The summed E-state index contributed by atoms with van der Waals surface area (Å²) in [7, 11) is 7.71. The van der Waals surface area contributed by atoms with Crippen LogP contribution in [-0.2, 0) is 9.47 Å². The second-order valence-electron chi connectivity index (χ2n) is 7.70. The summed E-state index contributed by atoms with van der Waals surface area (Å²) >= 11 is 0. The van der Waals surface area contributed by atoms with Crippen LogP contribution in [0.25, 0.3) is 0 Å². The lowest BCUT2D eigenvalue weighted by Gasteiger charge is -2.46. The van der Waals surface area contributed by atoms with Crippen molar-refractivity contribution in [1.29, 1.82) is 0 Å². The molecule has 7 nitrogen and oxygen atoms in total. The van der Waals surface area contributed by atoms with Crippen LogP contribution in [0.2, 0.25) is 0 Å². The number of aliphatic hydroxyl groups is 3. The standard InChI is InChI=1S/C16H36N2O5/c1-7-18(6,8-2)9-10-22-11-12-14(19)15(20)13(16(21)23-12)17(3,4)5/h12-16,19-21H,7-11H2,1-6H3/q+2/t12-,13-,14-,15-,16-/m1/s1. The number of likely N-dealkylation sites (N-methyl/N-ethyl adjacent to an activating group) is 2. The molecule has 0 radical (unpaired) electrons. The lowest BCUT2D eigenvalue weighted by atomic mass is 9.95. The van der Waals surface area contributed by atoms with Crippen LogP contribution in [0.1, 0.15) is 13.8 Å². The van der Waals surface area contributed by atoms with Crippen LogP contribution in [0.5, 0.6) is 0 Å². The van der Waals surface area contributed by atoms with Crippen molar-refractivity contribution in [2.75, 3.05) is 61.0 Å². The quantitative estimate of drug-likeness (QED) is 0.392. The van der Waals surface area contributed by atoms with E-state index < -0.39 is 30.6 Å². The maximum absolute atomic E-state index is 10.3. The fourth-order valence-corrected chi connectivity index (χ4v) is 2.93. The number of quaternary nitrogens is 2. The van der Waals surface area contributed by atoms with Gasteiger partial charge in [0.25, 0.3) is 0 Å². The molecule has 0 aromatic rings. The molecule has 1 rings (SSSR count). The Morgan fingerprint density at radius 3 is 2.00 bits per heavy atom. The fourth-order valence-electron chi connectivity index (χ4n) is 2.93. The van der Waals surface area contributed by atoms with Gasteiger partial charge in [-0.1, -0.05) is 0 Å². The van der Waals surface area contributed by atoms with Crippen LogP contribution < -0.4 is 0 Å². The summed E-state index contributed by atoms with van der Waals surface area (Å²) in [5.41, 5.74) is 0. The van der Waals surface area contributed by atoms with Gasteiger partial charge in [0.2, 0.25) is 6.29 Å². The van der Waals surface area contributed by atoms with E-state index in [0.29, 0.717) is 11.1 Å². The van der Waals surface area contributed by atoms with E-state index in [9.17, 15) is 15.3 Å². The molecule has 0 spiro atoms. The zero-order valence-electron chi connectivity index (χ0n) is 15.5. The van der Waals surface area contributed by atoms with Gasteiger partial charge >= 0.3 is 0 Å². The Kier molecular flexibility index (Phi) is 7.40. The molecule has 5 atom stereocenters. The van der Waals surface area contributed by atoms with Crippen molar-refractivity contribution >= 4 is 0 Å². The molecule has 0 unspecified atom stereocenters. The molecule has 0 bridgehead atoms. The predicted molar refractivity (Wildman–Crippen MR) is 87.7 cm³/mol. The van der Waals surface area contributed by atoms with Crippen LogP contribution in [0, 0.1) is 0 Å². The molecule has 1 aliphatic heterocycles. The Morgan fingerprint density at radius 2 is 1.52 bits per heavy atom. The Morgan fingerprint density at radius 1 is 0.957 bits per heavy atom. The summed E-state index contributed by atoms with van der Waals surface area (Å²) in [4.78, 5) is 0. The van der Waals surface area contributed by atoms with E-state index in [1.807, 2.05) is 21.1 Å². The summed E-state index contributed by atoms with van der Waals surface area (Å²) in [6.45, 7) is 7.95. The Bertz CT molecular complexity index is 357. The predicted octanol–water partition coefficient (Wildman–Crippen LogP) is -0.997.